The molecule has 0 saturated carbocycles. The lowest BCUT2D eigenvalue weighted by Crippen LogP contribution is -2.12. The van der Waals surface area contributed by atoms with Gasteiger partial charge >= 0.3 is 5.97 Å². The highest BCUT2D eigenvalue weighted by Gasteiger charge is 2.14. The lowest BCUT2D eigenvalue weighted by molar-refractivity contribution is -0.116. The zero-order chi connectivity index (χ0) is 15.2. The maximum absolute atomic E-state index is 11.8. The Bertz CT molecular complexity index is 637. The molecule has 0 unspecified atom stereocenters. The summed E-state index contributed by atoms with van der Waals surface area (Å²) in [6, 6.07) is 8.22. The quantitative estimate of drug-likeness (QED) is 0.716. The first-order valence-electron chi connectivity index (χ1n) is 6.45. The molecule has 0 saturated heterocycles. The monoisotopic (exact) mass is 305 g/mol. The van der Waals surface area contributed by atoms with E-state index in [1.54, 1.807) is 11.3 Å². The zero-order valence-corrected chi connectivity index (χ0v) is 12.0. The van der Waals surface area contributed by atoms with E-state index < -0.39 is 11.7 Å². The van der Waals surface area contributed by atoms with Crippen LogP contribution in [0.15, 0.2) is 35.7 Å². The lowest BCUT2D eigenvalue weighted by Gasteiger charge is -2.08. The lowest BCUT2D eigenvalue weighted by atomic mass is 10.1. The third-order valence-corrected chi connectivity index (χ3v) is 3.88. The molecule has 1 amide bonds. The Balaban J connectivity index is 1.90. The SMILES string of the molecule is O=C(CCCc1cccs1)Nc1cccc(C(=O)O)c1O. The second kappa shape index (κ2) is 6.90. The average molecular weight is 305 g/mol. The minimum Gasteiger partial charge on any atom is -0.505 e. The number of aromatic carboxylic acids is 1. The molecule has 0 aliphatic heterocycles. The fourth-order valence-corrected chi connectivity index (χ4v) is 2.66. The fraction of sp³-hybridized carbons (Fsp3) is 0.200. The molecular formula is C15H15NO4S. The van der Waals surface area contributed by atoms with Crippen LogP contribution in [0.4, 0.5) is 5.69 Å². The van der Waals surface area contributed by atoms with E-state index in [4.69, 9.17) is 5.11 Å². The van der Waals surface area contributed by atoms with Crippen molar-refractivity contribution in [3.05, 3.63) is 46.2 Å². The maximum Gasteiger partial charge on any atom is 0.339 e. The Morgan fingerprint density at radius 3 is 2.67 bits per heavy atom. The normalized spacial score (nSPS) is 10.3. The summed E-state index contributed by atoms with van der Waals surface area (Å²) >= 11 is 1.65. The summed E-state index contributed by atoms with van der Waals surface area (Å²) < 4.78 is 0. The van der Waals surface area contributed by atoms with Gasteiger partial charge in [0, 0.05) is 11.3 Å². The first-order chi connectivity index (χ1) is 10.1. The minimum absolute atomic E-state index is 0.121. The standard InChI is InChI=1S/C15H15NO4S/c17-13(8-1-4-10-5-3-9-21-10)16-12-7-2-6-11(14(12)18)15(19)20/h2-3,5-7,9,18H,1,4,8H2,(H,16,17)(H,19,20). The molecule has 0 atom stereocenters. The van der Waals surface area contributed by atoms with Crippen LogP contribution in [0.5, 0.6) is 5.75 Å². The summed E-state index contributed by atoms with van der Waals surface area (Å²) in [6.07, 6.45) is 1.84. The van der Waals surface area contributed by atoms with Crippen molar-refractivity contribution >= 4 is 28.9 Å². The van der Waals surface area contributed by atoms with Crippen LogP contribution in [-0.2, 0) is 11.2 Å². The van der Waals surface area contributed by atoms with E-state index in [0.29, 0.717) is 12.8 Å². The summed E-state index contributed by atoms with van der Waals surface area (Å²) in [7, 11) is 0. The molecule has 0 radical (unpaired) electrons. The van der Waals surface area contributed by atoms with Gasteiger partial charge in [-0.05, 0) is 36.4 Å². The number of benzene rings is 1. The Morgan fingerprint density at radius 2 is 2.00 bits per heavy atom. The molecule has 3 N–H and O–H groups in total. The second-order valence-corrected chi connectivity index (χ2v) is 5.52. The van der Waals surface area contributed by atoms with Gasteiger partial charge in [0.1, 0.15) is 5.56 Å². The van der Waals surface area contributed by atoms with Crippen LogP contribution in [0.3, 0.4) is 0 Å². The largest absolute Gasteiger partial charge is 0.505 e. The zero-order valence-electron chi connectivity index (χ0n) is 11.2. The van der Waals surface area contributed by atoms with Gasteiger partial charge in [-0.1, -0.05) is 12.1 Å². The van der Waals surface area contributed by atoms with Crippen LogP contribution in [-0.4, -0.2) is 22.1 Å². The van der Waals surface area contributed by atoms with Gasteiger partial charge in [-0.15, -0.1) is 11.3 Å². The first-order valence-corrected chi connectivity index (χ1v) is 7.33. The van der Waals surface area contributed by atoms with Gasteiger partial charge in [-0.2, -0.15) is 0 Å². The number of carbonyl (C=O) groups excluding carboxylic acids is 1. The van der Waals surface area contributed by atoms with Crippen molar-refractivity contribution in [2.75, 3.05) is 5.32 Å². The van der Waals surface area contributed by atoms with E-state index in [-0.39, 0.29) is 17.2 Å². The summed E-state index contributed by atoms with van der Waals surface area (Å²) in [5, 5.41) is 23.2. The van der Waals surface area contributed by atoms with E-state index in [1.807, 2.05) is 17.5 Å². The Hall–Kier alpha value is -2.34. The summed E-state index contributed by atoms with van der Waals surface area (Å²) in [5.41, 5.74) is -0.109. The van der Waals surface area contributed by atoms with Crippen LogP contribution in [0.2, 0.25) is 0 Å². The number of amides is 1. The van der Waals surface area contributed by atoms with Crippen LogP contribution in [0.25, 0.3) is 0 Å². The molecule has 1 aromatic heterocycles. The smallest absolute Gasteiger partial charge is 0.339 e. The fourth-order valence-electron chi connectivity index (χ4n) is 1.91. The molecule has 0 aliphatic carbocycles. The van der Waals surface area contributed by atoms with Crippen molar-refractivity contribution in [1.29, 1.82) is 0 Å². The van der Waals surface area contributed by atoms with Crippen molar-refractivity contribution in [2.24, 2.45) is 0 Å². The highest BCUT2D eigenvalue weighted by molar-refractivity contribution is 7.09. The highest BCUT2D eigenvalue weighted by atomic mass is 32.1. The minimum atomic E-state index is -1.23. The highest BCUT2D eigenvalue weighted by Crippen LogP contribution is 2.27. The van der Waals surface area contributed by atoms with Gasteiger partial charge in [-0.25, -0.2) is 4.79 Å². The van der Waals surface area contributed by atoms with Gasteiger partial charge in [0.15, 0.2) is 5.75 Å². The number of nitrogens with one attached hydrogen (secondary N) is 1. The topological polar surface area (TPSA) is 86.6 Å². The van der Waals surface area contributed by atoms with Crippen LogP contribution < -0.4 is 5.32 Å². The number of aryl methyl sites for hydroxylation is 1. The predicted molar refractivity (Wildman–Crippen MR) is 81.0 cm³/mol. The number of rotatable bonds is 6. The molecule has 2 rings (SSSR count). The van der Waals surface area contributed by atoms with Crippen molar-refractivity contribution in [1.82, 2.24) is 0 Å². The molecule has 5 nitrogen and oxygen atoms in total. The van der Waals surface area contributed by atoms with Gasteiger partial charge < -0.3 is 15.5 Å². The first kappa shape index (κ1) is 15.1. The van der Waals surface area contributed by atoms with E-state index in [2.05, 4.69) is 5.32 Å². The number of hydrogen-bond acceptors (Lipinski definition) is 4. The van der Waals surface area contributed by atoms with E-state index in [9.17, 15) is 14.7 Å². The Labute approximate surface area is 125 Å². The predicted octanol–water partition coefficient (Wildman–Crippen LogP) is 3.11. The molecule has 0 aliphatic rings. The van der Waals surface area contributed by atoms with Gasteiger partial charge in [0.25, 0.3) is 0 Å². The second-order valence-electron chi connectivity index (χ2n) is 4.49. The van der Waals surface area contributed by atoms with Crippen LogP contribution >= 0.6 is 11.3 Å². The van der Waals surface area contributed by atoms with Crippen molar-refractivity contribution in [3.8, 4) is 5.75 Å². The third-order valence-electron chi connectivity index (χ3n) is 2.95. The Kier molecular flexibility index (Phi) is 4.94. The van der Waals surface area contributed by atoms with Crippen molar-refractivity contribution < 1.29 is 19.8 Å². The Morgan fingerprint density at radius 1 is 1.19 bits per heavy atom. The number of hydrogen-bond donors (Lipinski definition) is 3. The maximum atomic E-state index is 11.8. The number of carbonyl (C=O) groups is 2. The van der Waals surface area contributed by atoms with E-state index >= 15 is 0 Å². The number of para-hydroxylation sites is 1. The molecular weight excluding hydrogens is 290 g/mol. The molecule has 21 heavy (non-hydrogen) atoms. The number of anilines is 1. The van der Waals surface area contributed by atoms with Crippen LogP contribution in [0, 0.1) is 0 Å². The van der Waals surface area contributed by atoms with Gasteiger partial charge in [0.2, 0.25) is 5.91 Å². The van der Waals surface area contributed by atoms with Crippen molar-refractivity contribution in [3.63, 3.8) is 0 Å². The summed E-state index contributed by atoms with van der Waals surface area (Å²) in [6.45, 7) is 0. The molecule has 0 bridgehead atoms. The number of carboxylic acid groups (broad SMARTS) is 1. The molecule has 6 heteroatoms. The molecule has 0 spiro atoms. The molecule has 0 fully saturated rings. The average Bonchev–Trinajstić information content (AvgIpc) is 2.94. The van der Waals surface area contributed by atoms with Crippen molar-refractivity contribution in [2.45, 2.75) is 19.3 Å². The number of carboxylic acids is 1. The van der Waals surface area contributed by atoms with Gasteiger partial charge in [-0.3, -0.25) is 4.79 Å². The number of phenols is 1. The third kappa shape index (κ3) is 4.06. The van der Waals surface area contributed by atoms with Gasteiger partial charge in [0.05, 0.1) is 5.69 Å². The molecule has 1 aromatic carbocycles. The number of thiophene rings is 1. The van der Waals surface area contributed by atoms with E-state index in [1.165, 1.54) is 23.1 Å². The van der Waals surface area contributed by atoms with E-state index in [0.717, 1.165) is 6.42 Å². The molecule has 1 heterocycles. The molecule has 110 valence electrons. The molecule has 2 aromatic rings. The van der Waals surface area contributed by atoms with Crippen LogP contribution in [0.1, 0.15) is 28.1 Å². The summed E-state index contributed by atoms with van der Waals surface area (Å²) in [5.74, 6) is -1.90. The number of aromatic hydroxyl groups is 1. The summed E-state index contributed by atoms with van der Waals surface area (Å²) in [4.78, 5) is 23.9.